The number of pyridine rings is 1. The molecule has 1 aliphatic rings. The minimum absolute atomic E-state index is 0.0495. The second kappa shape index (κ2) is 6.37. The normalized spacial score (nSPS) is 13.9. The van der Waals surface area contributed by atoms with Crippen molar-refractivity contribution < 1.29 is 9.21 Å². The first-order valence-electron chi connectivity index (χ1n) is 9.20. The number of nitrogens with one attached hydrogen (secondary N) is 1. The van der Waals surface area contributed by atoms with Gasteiger partial charge in [0, 0.05) is 13.6 Å². The monoisotopic (exact) mass is 364 g/mol. The van der Waals surface area contributed by atoms with Crippen LogP contribution in [0, 0.1) is 0 Å². The molecule has 27 heavy (non-hydrogen) atoms. The molecule has 0 unspecified atom stereocenters. The van der Waals surface area contributed by atoms with Crippen molar-refractivity contribution in [3.63, 3.8) is 0 Å². The molecule has 6 nitrogen and oxygen atoms in total. The Balaban J connectivity index is 1.48. The Bertz CT molecular complexity index is 1020. The zero-order valence-electron chi connectivity index (χ0n) is 16.2. The van der Waals surface area contributed by atoms with E-state index in [4.69, 9.17) is 4.42 Å². The number of amides is 1. The van der Waals surface area contributed by atoms with Gasteiger partial charge in [0.2, 0.25) is 5.89 Å². The number of rotatable bonds is 3. The molecular formula is C21H24N4O2. The predicted molar refractivity (Wildman–Crippen MR) is 105 cm³/mol. The molecule has 0 aliphatic carbocycles. The SMILES string of the molecule is CN1CCc2ccc(C(=O)NCc3nc4cc(C(C)(C)C)ccc4o3)nc21. The van der Waals surface area contributed by atoms with Crippen molar-refractivity contribution in [1.29, 1.82) is 0 Å². The molecular weight excluding hydrogens is 340 g/mol. The van der Waals surface area contributed by atoms with Crippen LogP contribution in [0.4, 0.5) is 5.82 Å². The standard InChI is InChI=1S/C21H24N4O2/c1-21(2,3)14-6-8-17-16(11-14)23-18(27-17)12-22-20(26)15-7-5-13-9-10-25(4)19(13)24-15/h5-8,11H,9-10,12H2,1-4H3,(H,22,26). The molecule has 0 radical (unpaired) electrons. The van der Waals surface area contributed by atoms with Gasteiger partial charge in [-0.25, -0.2) is 9.97 Å². The Kier molecular flexibility index (Phi) is 4.13. The van der Waals surface area contributed by atoms with Gasteiger partial charge in [0.25, 0.3) is 5.91 Å². The van der Waals surface area contributed by atoms with Crippen molar-refractivity contribution in [2.75, 3.05) is 18.5 Å². The topological polar surface area (TPSA) is 71.3 Å². The molecule has 3 heterocycles. The maximum atomic E-state index is 12.5. The first-order valence-corrected chi connectivity index (χ1v) is 9.20. The Morgan fingerprint density at radius 3 is 2.81 bits per heavy atom. The van der Waals surface area contributed by atoms with Crippen molar-refractivity contribution in [2.24, 2.45) is 0 Å². The molecule has 0 saturated heterocycles. The number of carbonyl (C=O) groups excluding carboxylic acids is 1. The Labute approximate surface area is 158 Å². The van der Waals surface area contributed by atoms with Crippen LogP contribution in [0.5, 0.6) is 0 Å². The third-order valence-electron chi connectivity index (χ3n) is 4.96. The Morgan fingerprint density at radius 2 is 2.04 bits per heavy atom. The number of anilines is 1. The minimum atomic E-state index is -0.226. The molecule has 2 aromatic heterocycles. The fourth-order valence-corrected chi connectivity index (χ4v) is 3.29. The van der Waals surface area contributed by atoms with Crippen LogP contribution in [0.1, 0.15) is 48.3 Å². The molecule has 140 valence electrons. The second-order valence-corrected chi connectivity index (χ2v) is 8.07. The molecule has 6 heteroatoms. The van der Waals surface area contributed by atoms with Gasteiger partial charge in [-0.05, 0) is 41.2 Å². The van der Waals surface area contributed by atoms with E-state index in [0.29, 0.717) is 11.6 Å². The molecule has 1 amide bonds. The summed E-state index contributed by atoms with van der Waals surface area (Å²) < 4.78 is 5.76. The predicted octanol–water partition coefficient (Wildman–Crippen LogP) is 3.44. The molecule has 1 aliphatic heterocycles. The molecule has 0 spiro atoms. The van der Waals surface area contributed by atoms with E-state index in [1.165, 1.54) is 11.1 Å². The van der Waals surface area contributed by atoms with Gasteiger partial charge in [0.1, 0.15) is 17.0 Å². The van der Waals surface area contributed by atoms with Crippen molar-refractivity contribution >= 4 is 22.8 Å². The van der Waals surface area contributed by atoms with Crippen LogP contribution in [-0.4, -0.2) is 29.5 Å². The van der Waals surface area contributed by atoms with Crippen LogP contribution in [0.3, 0.4) is 0 Å². The Hall–Kier alpha value is -2.89. The van der Waals surface area contributed by atoms with Gasteiger partial charge in [-0.2, -0.15) is 0 Å². The summed E-state index contributed by atoms with van der Waals surface area (Å²) in [5.41, 5.74) is 4.38. The summed E-state index contributed by atoms with van der Waals surface area (Å²) in [6.45, 7) is 7.66. The van der Waals surface area contributed by atoms with Gasteiger partial charge in [0.15, 0.2) is 5.58 Å². The third-order valence-corrected chi connectivity index (χ3v) is 4.96. The van der Waals surface area contributed by atoms with E-state index < -0.39 is 0 Å². The lowest BCUT2D eigenvalue weighted by atomic mass is 9.87. The zero-order chi connectivity index (χ0) is 19.2. The molecule has 1 N–H and O–H groups in total. The maximum absolute atomic E-state index is 12.5. The van der Waals surface area contributed by atoms with E-state index in [0.717, 1.165) is 29.9 Å². The fraction of sp³-hybridized carbons (Fsp3) is 0.381. The summed E-state index contributed by atoms with van der Waals surface area (Å²) in [7, 11) is 1.99. The second-order valence-electron chi connectivity index (χ2n) is 8.07. The summed E-state index contributed by atoms with van der Waals surface area (Å²) in [6, 6.07) is 9.79. The van der Waals surface area contributed by atoms with Crippen LogP contribution in [-0.2, 0) is 18.4 Å². The lowest BCUT2D eigenvalue weighted by Gasteiger charge is -2.18. The van der Waals surface area contributed by atoms with Crippen LogP contribution in [0.15, 0.2) is 34.7 Å². The largest absolute Gasteiger partial charge is 0.439 e. The molecule has 0 bridgehead atoms. The fourth-order valence-electron chi connectivity index (χ4n) is 3.29. The van der Waals surface area contributed by atoms with Gasteiger partial charge >= 0.3 is 0 Å². The minimum Gasteiger partial charge on any atom is -0.439 e. The molecule has 0 atom stereocenters. The lowest BCUT2D eigenvalue weighted by molar-refractivity contribution is 0.0942. The number of hydrogen-bond acceptors (Lipinski definition) is 5. The highest BCUT2D eigenvalue weighted by molar-refractivity contribution is 5.92. The summed E-state index contributed by atoms with van der Waals surface area (Å²) >= 11 is 0. The van der Waals surface area contributed by atoms with E-state index in [9.17, 15) is 4.79 Å². The van der Waals surface area contributed by atoms with Gasteiger partial charge < -0.3 is 14.6 Å². The number of nitrogens with zero attached hydrogens (tertiary/aromatic N) is 3. The van der Waals surface area contributed by atoms with Gasteiger partial charge in [-0.15, -0.1) is 0 Å². The van der Waals surface area contributed by atoms with Crippen LogP contribution in [0.2, 0.25) is 0 Å². The van der Waals surface area contributed by atoms with Gasteiger partial charge in [-0.1, -0.05) is 32.9 Å². The number of hydrogen-bond donors (Lipinski definition) is 1. The number of likely N-dealkylation sites (N-methyl/N-ethyl adjacent to an activating group) is 1. The molecule has 0 fully saturated rings. The first-order chi connectivity index (χ1) is 12.8. The molecule has 4 rings (SSSR count). The molecule has 0 saturated carbocycles. The van der Waals surface area contributed by atoms with E-state index in [-0.39, 0.29) is 17.9 Å². The maximum Gasteiger partial charge on any atom is 0.270 e. The average Bonchev–Trinajstić information content (AvgIpc) is 3.21. The number of oxazole rings is 1. The number of benzene rings is 1. The number of aromatic nitrogens is 2. The third kappa shape index (κ3) is 3.39. The van der Waals surface area contributed by atoms with E-state index in [1.54, 1.807) is 6.07 Å². The molecule has 1 aromatic carbocycles. The average molecular weight is 364 g/mol. The van der Waals surface area contributed by atoms with E-state index >= 15 is 0 Å². The Morgan fingerprint density at radius 1 is 1.22 bits per heavy atom. The van der Waals surface area contributed by atoms with Crippen molar-refractivity contribution in [3.05, 3.63) is 53.0 Å². The molecule has 3 aromatic rings. The number of carbonyl (C=O) groups is 1. The van der Waals surface area contributed by atoms with E-state index in [2.05, 4.69) is 47.0 Å². The van der Waals surface area contributed by atoms with Crippen LogP contribution >= 0.6 is 0 Å². The van der Waals surface area contributed by atoms with Crippen LogP contribution in [0.25, 0.3) is 11.1 Å². The summed E-state index contributed by atoms with van der Waals surface area (Å²) in [5, 5.41) is 2.85. The summed E-state index contributed by atoms with van der Waals surface area (Å²) in [4.78, 5) is 23.5. The summed E-state index contributed by atoms with van der Waals surface area (Å²) in [6.07, 6.45) is 0.972. The van der Waals surface area contributed by atoms with Gasteiger partial charge in [-0.3, -0.25) is 4.79 Å². The summed E-state index contributed by atoms with van der Waals surface area (Å²) in [5.74, 6) is 1.15. The van der Waals surface area contributed by atoms with Crippen molar-refractivity contribution in [1.82, 2.24) is 15.3 Å². The van der Waals surface area contributed by atoms with Gasteiger partial charge in [0.05, 0.1) is 6.54 Å². The highest BCUT2D eigenvalue weighted by Crippen LogP contribution is 2.26. The van der Waals surface area contributed by atoms with Crippen molar-refractivity contribution in [2.45, 2.75) is 39.2 Å². The zero-order valence-corrected chi connectivity index (χ0v) is 16.2. The highest BCUT2D eigenvalue weighted by Gasteiger charge is 2.20. The lowest BCUT2D eigenvalue weighted by Crippen LogP contribution is -2.24. The first kappa shape index (κ1) is 17.5. The highest BCUT2D eigenvalue weighted by atomic mass is 16.3. The number of fused-ring (bicyclic) bond motifs is 2. The quantitative estimate of drug-likeness (QED) is 0.771. The van der Waals surface area contributed by atoms with Crippen LogP contribution < -0.4 is 10.2 Å². The smallest absolute Gasteiger partial charge is 0.270 e. The van der Waals surface area contributed by atoms with E-state index in [1.807, 2.05) is 25.2 Å². The van der Waals surface area contributed by atoms with Crippen molar-refractivity contribution in [3.8, 4) is 0 Å².